The Morgan fingerprint density at radius 3 is 2.25 bits per heavy atom. The topological polar surface area (TPSA) is 136 Å². The molecular weight excluding hydrogens is 241 g/mol. The minimum absolute atomic E-state index is 0.766. The highest BCUT2D eigenvalue weighted by Gasteiger charge is 2.28. The third-order valence-electron chi connectivity index (χ3n) is 1.66. The van der Waals surface area contributed by atoms with E-state index in [0.29, 0.717) is 0 Å². The van der Waals surface area contributed by atoms with Crippen molar-refractivity contribution < 1.29 is 34.1 Å². The Kier molecular flexibility index (Phi) is 6.09. The standard InChI is InChI=1S/C7H16NO7P/c1-4(15-5(2)9)6(7(10)11)8-3-16(12,13)14/h4-6,8-9H,3H2,1-2H3,(H,10,11)(H2,12,13,14). The molecule has 0 radical (unpaired) electrons. The molecule has 0 fully saturated rings. The Labute approximate surface area is 92.4 Å². The van der Waals surface area contributed by atoms with Crippen molar-refractivity contribution in [3.05, 3.63) is 0 Å². The molecule has 96 valence electrons. The summed E-state index contributed by atoms with van der Waals surface area (Å²) in [7, 11) is -4.33. The summed E-state index contributed by atoms with van der Waals surface area (Å²) >= 11 is 0. The quantitative estimate of drug-likeness (QED) is 0.286. The summed E-state index contributed by atoms with van der Waals surface area (Å²) in [4.78, 5) is 27.9. The van der Waals surface area contributed by atoms with Crippen molar-refractivity contribution >= 4 is 13.6 Å². The minimum atomic E-state index is -4.33. The SMILES string of the molecule is CC(O)OC(C)C(NCP(=O)(O)O)C(=O)O. The molecule has 0 aliphatic rings. The number of carboxylic acid groups (broad SMARTS) is 1. The van der Waals surface area contributed by atoms with Gasteiger partial charge in [0.25, 0.3) is 0 Å². The van der Waals surface area contributed by atoms with Crippen LogP contribution in [0.15, 0.2) is 0 Å². The van der Waals surface area contributed by atoms with Crippen LogP contribution in [0.5, 0.6) is 0 Å². The summed E-state index contributed by atoms with van der Waals surface area (Å²) in [5.74, 6) is -1.32. The summed E-state index contributed by atoms with van der Waals surface area (Å²) in [6, 6.07) is -1.30. The molecule has 16 heavy (non-hydrogen) atoms. The highest BCUT2D eigenvalue weighted by atomic mass is 31.2. The van der Waals surface area contributed by atoms with E-state index in [1.807, 2.05) is 0 Å². The fourth-order valence-electron chi connectivity index (χ4n) is 1.06. The Hall–Kier alpha value is -0.500. The van der Waals surface area contributed by atoms with E-state index >= 15 is 0 Å². The van der Waals surface area contributed by atoms with E-state index in [0.717, 1.165) is 0 Å². The number of rotatable bonds is 7. The van der Waals surface area contributed by atoms with Crippen molar-refractivity contribution in [3.63, 3.8) is 0 Å². The van der Waals surface area contributed by atoms with Crippen molar-refractivity contribution in [2.75, 3.05) is 6.29 Å². The normalized spacial score (nSPS) is 17.8. The van der Waals surface area contributed by atoms with Gasteiger partial charge in [0.15, 0.2) is 6.29 Å². The van der Waals surface area contributed by atoms with E-state index < -0.39 is 38.3 Å². The summed E-state index contributed by atoms with van der Waals surface area (Å²) < 4.78 is 15.3. The summed E-state index contributed by atoms with van der Waals surface area (Å²) in [6.07, 6.45) is -2.85. The van der Waals surface area contributed by atoms with Crippen LogP contribution in [0.3, 0.4) is 0 Å². The molecule has 9 heteroatoms. The number of aliphatic hydroxyl groups is 1. The fraction of sp³-hybridized carbons (Fsp3) is 0.857. The van der Waals surface area contributed by atoms with Crippen LogP contribution in [0.2, 0.25) is 0 Å². The molecule has 5 N–H and O–H groups in total. The first-order valence-corrected chi connectivity index (χ1v) is 6.27. The lowest BCUT2D eigenvalue weighted by atomic mass is 10.2. The van der Waals surface area contributed by atoms with Gasteiger partial charge in [-0.3, -0.25) is 14.7 Å². The van der Waals surface area contributed by atoms with Crippen LogP contribution < -0.4 is 5.32 Å². The molecule has 3 unspecified atom stereocenters. The summed E-state index contributed by atoms with van der Waals surface area (Å²) in [5, 5.41) is 19.8. The van der Waals surface area contributed by atoms with Crippen molar-refractivity contribution in [1.82, 2.24) is 5.32 Å². The van der Waals surface area contributed by atoms with Crippen LogP contribution in [-0.4, -0.2) is 50.7 Å². The van der Waals surface area contributed by atoms with Gasteiger partial charge in [0.05, 0.1) is 12.4 Å². The number of aliphatic carboxylic acids is 1. The molecule has 0 aromatic heterocycles. The Morgan fingerprint density at radius 1 is 1.44 bits per heavy atom. The predicted molar refractivity (Wildman–Crippen MR) is 53.7 cm³/mol. The van der Waals surface area contributed by atoms with Crippen molar-refractivity contribution in [1.29, 1.82) is 0 Å². The molecule has 0 rings (SSSR count). The molecule has 0 aliphatic heterocycles. The van der Waals surface area contributed by atoms with Crippen LogP contribution in [0.1, 0.15) is 13.8 Å². The molecule has 8 nitrogen and oxygen atoms in total. The van der Waals surface area contributed by atoms with Crippen molar-refractivity contribution in [3.8, 4) is 0 Å². The zero-order chi connectivity index (χ0) is 12.9. The zero-order valence-electron chi connectivity index (χ0n) is 8.90. The average Bonchev–Trinajstić information content (AvgIpc) is 1.99. The zero-order valence-corrected chi connectivity index (χ0v) is 9.79. The summed E-state index contributed by atoms with van der Waals surface area (Å²) in [5.41, 5.74) is 0. The molecule has 3 atom stereocenters. The third-order valence-corrected chi connectivity index (χ3v) is 2.26. The van der Waals surface area contributed by atoms with E-state index in [2.05, 4.69) is 5.32 Å². The second kappa shape index (κ2) is 6.29. The second-order valence-corrected chi connectivity index (χ2v) is 4.93. The number of nitrogens with one attached hydrogen (secondary N) is 1. The molecular formula is C7H16NO7P. The van der Waals surface area contributed by atoms with Crippen LogP contribution in [0.4, 0.5) is 0 Å². The van der Waals surface area contributed by atoms with Gasteiger partial charge in [-0.15, -0.1) is 0 Å². The molecule has 0 saturated heterocycles. The predicted octanol–water partition coefficient (Wildman–Crippen LogP) is -1.09. The van der Waals surface area contributed by atoms with Crippen LogP contribution >= 0.6 is 7.60 Å². The van der Waals surface area contributed by atoms with E-state index in [1.165, 1.54) is 13.8 Å². The molecule has 0 aromatic carbocycles. The average molecular weight is 257 g/mol. The maximum absolute atomic E-state index is 10.8. The van der Waals surface area contributed by atoms with Crippen molar-refractivity contribution in [2.45, 2.75) is 32.3 Å². The lowest BCUT2D eigenvalue weighted by Gasteiger charge is -2.23. The number of carboxylic acids is 1. The van der Waals surface area contributed by atoms with Gasteiger partial charge in [-0.25, -0.2) is 0 Å². The van der Waals surface area contributed by atoms with Gasteiger partial charge in [-0.05, 0) is 13.8 Å². The second-order valence-electron chi connectivity index (χ2n) is 3.28. The Bertz CT molecular complexity index is 276. The first-order chi connectivity index (χ1) is 7.13. The first kappa shape index (κ1) is 15.5. The van der Waals surface area contributed by atoms with Crippen molar-refractivity contribution in [2.24, 2.45) is 0 Å². The van der Waals surface area contributed by atoms with E-state index in [9.17, 15) is 9.36 Å². The highest BCUT2D eigenvalue weighted by molar-refractivity contribution is 7.51. The molecule has 0 saturated carbocycles. The van der Waals surface area contributed by atoms with Crippen LogP contribution in [-0.2, 0) is 14.1 Å². The molecule has 0 spiro atoms. The van der Waals surface area contributed by atoms with E-state index in [-0.39, 0.29) is 0 Å². The van der Waals surface area contributed by atoms with Gasteiger partial charge in [0, 0.05) is 0 Å². The Balaban J connectivity index is 4.38. The molecule has 0 bridgehead atoms. The van der Waals surface area contributed by atoms with Gasteiger partial charge in [-0.1, -0.05) is 0 Å². The lowest BCUT2D eigenvalue weighted by molar-refractivity contribution is -0.155. The van der Waals surface area contributed by atoms with Gasteiger partial charge < -0.3 is 24.7 Å². The first-order valence-electron chi connectivity index (χ1n) is 4.48. The Morgan fingerprint density at radius 2 is 1.94 bits per heavy atom. The number of ether oxygens (including phenoxy) is 1. The minimum Gasteiger partial charge on any atom is -0.480 e. The third kappa shape index (κ3) is 6.89. The van der Waals surface area contributed by atoms with E-state index in [1.54, 1.807) is 0 Å². The number of hydrogen-bond acceptors (Lipinski definition) is 5. The van der Waals surface area contributed by atoms with Crippen LogP contribution in [0.25, 0.3) is 0 Å². The molecule has 0 aliphatic carbocycles. The number of hydrogen-bond donors (Lipinski definition) is 5. The molecule has 0 heterocycles. The maximum Gasteiger partial charge on any atom is 0.339 e. The fourth-order valence-corrected chi connectivity index (χ4v) is 1.50. The molecule has 0 amide bonds. The van der Waals surface area contributed by atoms with Gasteiger partial charge in [0.2, 0.25) is 0 Å². The lowest BCUT2D eigenvalue weighted by Crippen LogP contribution is -2.47. The smallest absolute Gasteiger partial charge is 0.339 e. The highest BCUT2D eigenvalue weighted by Crippen LogP contribution is 2.32. The van der Waals surface area contributed by atoms with Gasteiger partial charge in [-0.2, -0.15) is 0 Å². The number of carbonyl (C=O) groups is 1. The summed E-state index contributed by atoms with van der Waals surface area (Å²) in [6.45, 7) is 2.68. The maximum atomic E-state index is 10.8. The van der Waals surface area contributed by atoms with Crippen LogP contribution in [0, 0.1) is 0 Å². The van der Waals surface area contributed by atoms with E-state index in [4.69, 9.17) is 24.7 Å². The monoisotopic (exact) mass is 257 g/mol. The largest absolute Gasteiger partial charge is 0.480 e. The number of aliphatic hydroxyl groups excluding tert-OH is 1. The van der Waals surface area contributed by atoms with Gasteiger partial charge >= 0.3 is 13.6 Å². The van der Waals surface area contributed by atoms with Gasteiger partial charge in [0.1, 0.15) is 6.04 Å². The molecule has 0 aromatic rings.